The normalized spacial score (nSPS) is 17.9. The summed E-state index contributed by atoms with van der Waals surface area (Å²) in [6, 6.07) is 0. The highest BCUT2D eigenvalue weighted by atomic mass is 32.3. The molecule has 0 atom stereocenters. The van der Waals surface area contributed by atoms with Gasteiger partial charge in [-0.1, -0.05) is 10.5 Å². The van der Waals surface area contributed by atoms with Gasteiger partial charge in [0.15, 0.2) is 0 Å². The highest BCUT2D eigenvalue weighted by molar-refractivity contribution is 8.05. The lowest BCUT2D eigenvalue weighted by Gasteiger charge is -2.23. The first kappa shape index (κ1) is 26.1. The van der Waals surface area contributed by atoms with Crippen molar-refractivity contribution in [3.63, 3.8) is 0 Å². The maximum absolute atomic E-state index is 12.4. The fourth-order valence-corrected chi connectivity index (χ4v) is 3.96. The van der Waals surface area contributed by atoms with Crippen molar-refractivity contribution in [3.05, 3.63) is 0 Å². The van der Waals surface area contributed by atoms with Gasteiger partial charge in [0.2, 0.25) is 0 Å². The third-order valence-electron chi connectivity index (χ3n) is 2.76. The molecule has 1 saturated heterocycles. The number of halogens is 10. The van der Waals surface area contributed by atoms with E-state index in [9.17, 15) is 60.7 Å². The molecule has 0 bridgehead atoms. The largest absolute Gasteiger partial charge is 0.471 e. The number of rotatable bonds is 4. The third kappa shape index (κ3) is 6.05. The van der Waals surface area contributed by atoms with Gasteiger partial charge in [-0.2, -0.15) is 43.9 Å². The molecule has 1 aliphatic rings. The number of hydrogen-bond donors (Lipinski definition) is 2. The Hall–Kier alpha value is -0.880. The molecular formula is C9H12F10N2O4S2. The molecule has 0 aromatic heterocycles. The highest BCUT2D eigenvalue weighted by Gasteiger charge is 2.73. The van der Waals surface area contributed by atoms with Crippen LogP contribution in [0.4, 0.5) is 43.9 Å². The number of hydrogen-bond acceptors (Lipinski definition) is 5. The second-order valence-electron chi connectivity index (χ2n) is 4.93. The van der Waals surface area contributed by atoms with Gasteiger partial charge in [0.25, 0.3) is 20.0 Å². The molecule has 6 nitrogen and oxygen atoms in total. The first-order chi connectivity index (χ1) is 11.7. The van der Waals surface area contributed by atoms with Crippen molar-refractivity contribution < 1.29 is 60.7 Å². The van der Waals surface area contributed by atoms with Crippen LogP contribution in [0.25, 0.3) is 0 Å². The third-order valence-corrected chi connectivity index (χ3v) is 6.33. The lowest BCUT2D eigenvalue weighted by Crippen LogP contribution is -2.57. The smallest absolute Gasteiger partial charge is 0.317 e. The van der Waals surface area contributed by atoms with Crippen LogP contribution in [-0.2, 0) is 20.0 Å². The van der Waals surface area contributed by atoms with E-state index in [0.717, 1.165) is 0 Å². The minimum Gasteiger partial charge on any atom is -0.317 e. The molecule has 18 heteroatoms. The molecule has 1 aliphatic heterocycles. The summed E-state index contributed by atoms with van der Waals surface area (Å²) in [7, 11) is -15.0. The van der Waals surface area contributed by atoms with Gasteiger partial charge >= 0.3 is 22.9 Å². The highest BCUT2D eigenvalue weighted by Crippen LogP contribution is 2.43. The summed E-state index contributed by atoms with van der Waals surface area (Å²) in [6.45, 7) is 2.50. The summed E-state index contributed by atoms with van der Waals surface area (Å²) in [5.41, 5.74) is 0. The SMILES string of the molecule is C1CCNCC1.O=S(=O)(NS(=O)(=O)C(F)(F)C(F)(F)F)C(F)(F)C(F)(F)F. The Kier molecular flexibility index (Phi) is 7.97. The van der Waals surface area contributed by atoms with Crippen LogP contribution in [0.2, 0.25) is 0 Å². The average molecular weight is 466 g/mol. The van der Waals surface area contributed by atoms with E-state index >= 15 is 0 Å². The number of nitrogens with one attached hydrogen (secondary N) is 2. The summed E-state index contributed by atoms with van der Waals surface area (Å²) in [4.78, 5) is 0. The summed E-state index contributed by atoms with van der Waals surface area (Å²) in [5.74, 6) is 0. The predicted octanol–water partition coefficient (Wildman–Crippen LogP) is 2.31. The molecule has 0 spiro atoms. The van der Waals surface area contributed by atoms with E-state index in [4.69, 9.17) is 0 Å². The molecule has 0 aromatic rings. The minimum atomic E-state index is -7.49. The van der Waals surface area contributed by atoms with Crippen molar-refractivity contribution in [1.29, 1.82) is 0 Å². The summed E-state index contributed by atoms with van der Waals surface area (Å²) >= 11 is 0. The molecular weight excluding hydrogens is 454 g/mol. The van der Waals surface area contributed by atoms with Crippen LogP contribution >= 0.6 is 0 Å². The Bertz CT molecular complexity index is 630. The molecule has 1 rings (SSSR count). The van der Waals surface area contributed by atoms with Crippen LogP contribution in [0, 0.1) is 0 Å². The molecule has 0 aromatic carbocycles. The molecule has 1 heterocycles. The van der Waals surface area contributed by atoms with E-state index in [2.05, 4.69) is 5.32 Å². The van der Waals surface area contributed by atoms with E-state index in [1.807, 2.05) is 0 Å². The van der Waals surface area contributed by atoms with Crippen LogP contribution in [0.5, 0.6) is 0 Å². The zero-order valence-electron chi connectivity index (χ0n) is 12.8. The molecule has 164 valence electrons. The molecule has 27 heavy (non-hydrogen) atoms. The maximum Gasteiger partial charge on any atom is 0.471 e. The van der Waals surface area contributed by atoms with Gasteiger partial charge in [-0.25, -0.2) is 16.8 Å². The number of alkyl halides is 10. The van der Waals surface area contributed by atoms with Gasteiger partial charge in [-0.3, -0.25) is 0 Å². The van der Waals surface area contributed by atoms with E-state index in [0.29, 0.717) is 0 Å². The molecule has 0 saturated carbocycles. The first-order valence-electron chi connectivity index (χ1n) is 6.58. The number of piperidine rings is 1. The van der Waals surface area contributed by atoms with Crippen molar-refractivity contribution >= 4 is 20.0 Å². The Balaban J connectivity index is 0.000000941. The zero-order chi connectivity index (χ0) is 21.9. The van der Waals surface area contributed by atoms with Gasteiger partial charge in [0.1, 0.15) is 0 Å². The van der Waals surface area contributed by atoms with Gasteiger partial charge in [0, 0.05) is 0 Å². The molecule has 0 amide bonds. The monoisotopic (exact) mass is 466 g/mol. The number of sulfonamides is 2. The quantitative estimate of drug-likeness (QED) is 0.621. The standard InChI is InChI=1S/C5H11N.C4HF10NO4S2/c1-2-4-6-5-3-1;5-1(6,7)3(11,12)20(16,17)15-21(18,19)4(13,14)2(8,9)10/h6H,1-5H2;15H. The van der Waals surface area contributed by atoms with Gasteiger partial charge < -0.3 is 5.32 Å². The molecule has 2 N–H and O–H groups in total. The Morgan fingerprint density at radius 2 is 0.889 bits per heavy atom. The van der Waals surface area contributed by atoms with E-state index in [-0.39, 0.29) is 0 Å². The van der Waals surface area contributed by atoms with Crippen LogP contribution < -0.4 is 9.44 Å². The van der Waals surface area contributed by atoms with Crippen molar-refractivity contribution in [2.75, 3.05) is 13.1 Å². The molecule has 0 unspecified atom stereocenters. The van der Waals surface area contributed by atoms with Gasteiger partial charge in [-0.15, -0.1) is 0 Å². The van der Waals surface area contributed by atoms with E-state index in [1.165, 1.54) is 32.4 Å². The van der Waals surface area contributed by atoms with Crippen LogP contribution in [0.3, 0.4) is 0 Å². The minimum absolute atomic E-state index is 0.969. The first-order valence-corrected chi connectivity index (χ1v) is 9.55. The lowest BCUT2D eigenvalue weighted by molar-refractivity contribution is -0.242. The van der Waals surface area contributed by atoms with Crippen molar-refractivity contribution in [2.45, 2.75) is 42.1 Å². The molecule has 1 fully saturated rings. The maximum atomic E-state index is 12.4. The summed E-state index contributed by atoms with van der Waals surface area (Å²) in [6.07, 6.45) is -9.73. The second kappa shape index (κ2) is 8.24. The van der Waals surface area contributed by atoms with Crippen molar-refractivity contribution in [3.8, 4) is 0 Å². The topological polar surface area (TPSA) is 92.3 Å². The summed E-state index contributed by atoms with van der Waals surface area (Å²) in [5, 5.41) is -10.6. The Morgan fingerprint density at radius 1 is 0.593 bits per heavy atom. The van der Waals surface area contributed by atoms with Gasteiger partial charge in [0.05, 0.1) is 0 Å². The second-order valence-corrected chi connectivity index (χ2v) is 8.64. The van der Waals surface area contributed by atoms with Crippen LogP contribution in [0.15, 0.2) is 0 Å². The molecule has 0 aliphatic carbocycles. The molecule has 0 radical (unpaired) electrons. The predicted molar refractivity (Wildman–Crippen MR) is 69.7 cm³/mol. The van der Waals surface area contributed by atoms with Gasteiger partial charge in [-0.05, 0) is 25.9 Å². The van der Waals surface area contributed by atoms with Crippen LogP contribution in [0.1, 0.15) is 19.3 Å². The Morgan fingerprint density at radius 3 is 1.04 bits per heavy atom. The Labute approximate surface area is 146 Å². The fraction of sp³-hybridized carbons (Fsp3) is 1.00. The van der Waals surface area contributed by atoms with E-state index < -0.39 is 47.0 Å². The van der Waals surface area contributed by atoms with E-state index in [1.54, 1.807) is 0 Å². The van der Waals surface area contributed by atoms with Crippen molar-refractivity contribution in [2.24, 2.45) is 0 Å². The fourth-order valence-electron chi connectivity index (χ4n) is 1.36. The lowest BCUT2D eigenvalue weighted by atomic mass is 10.2. The van der Waals surface area contributed by atoms with Crippen LogP contribution in [-0.4, -0.2) is 52.8 Å². The van der Waals surface area contributed by atoms with Crippen molar-refractivity contribution in [1.82, 2.24) is 9.44 Å². The average Bonchev–Trinajstić information content (AvgIpc) is 2.46. The summed E-state index contributed by atoms with van der Waals surface area (Å²) < 4.78 is 160. The zero-order valence-corrected chi connectivity index (χ0v) is 14.4.